The Kier molecular flexibility index (Phi) is 9.29. The second-order valence-corrected chi connectivity index (χ2v) is 5.40. The Bertz CT molecular complexity index is 576. The first-order valence-electron chi connectivity index (χ1n) is 7.85. The van der Waals surface area contributed by atoms with Crippen molar-refractivity contribution in [1.82, 2.24) is 16.2 Å². The molecular formula is C17H25N3O3S. The average molecular weight is 351 g/mol. The second-order valence-electron chi connectivity index (χ2n) is 4.99. The van der Waals surface area contributed by atoms with Crippen LogP contribution in [0.4, 0.5) is 0 Å². The molecule has 0 aliphatic rings. The first-order valence-corrected chi connectivity index (χ1v) is 8.26. The van der Waals surface area contributed by atoms with Crippen LogP contribution in [0.25, 0.3) is 6.08 Å². The van der Waals surface area contributed by atoms with E-state index in [1.807, 2.05) is 12.1 Å². The molecule has 6 nitrogen and oxygen atoms in total. The molecule has 0 radical (unpaired) electrons. The van der Waals surface area contributed by atoms with Gasteiger partial charge in [0.25, 0.3) is 5.91 Å². The first-order chi connectivity index (χ1) is 11.6. The van der Waals surface area contributed by atoms with Crippen LogP contribution >= 0.6 is 12.2 Å². The van der Waals surface area contributed by atoms with Crippen molar-refractivity contribution in [2.75, 3.05) is 20.8 Å². The molecule has 0 saturated heterocycles. The van der Waals surface area contributed by atoms with Crippen molar-refractivity contribution in [2.24, 2.45) is 0 Å². The van der Waals surface area contributed by atoms with Crippen molar-refractivity contribution in [1.29, 1.82) is 0 Å². The largest absolute Gasteiger partial charge is 0.493 e. The van der Waals surface area contributed by atoms with Gasteiger partial charge in [-0.25, -0.2) is 0 Å². The highest BCUT2D eigenvalue weighted by Crippen LogP contribution is 2.31. The van der Waals surface area contributed by atoms with E-state index in [9.17, 15) is 4.79 Å². The zero-order chi connectivity index (χ0) is 17.8. The van der Waals surface area contributed by atoms with E-state index in [0.29, 0.717) is 16.6 Å². The molecule has 132 valence electrons. The standard InChI is InChI=1S/C17H25N3O3S/c1-4-5-6-12-18-17(24)20-19-15(21)11-10-13-8-7-9-14(22-2)16(13)23-3/h7-11H,4-6,12H2,1-3H3,(H,19,21)(H2,18,20,24)/b11-10+. The van der Waals surface area contributed by atoms with E-state index >= 15 is 0 Å². The van der Waals surface area contributed by atoms with Gasteiger partial charge in [-0.1, -0.05) is 31.9 Å². The Labute approximate surface area is 148 Å². The molecule has 0 aliphatic heterocycles. The quantitative estimate of drug-likeness (QED) is 0.289. The lowest BCUT2D eigenvalue weighted by Gasteiger charge is -2.11. The summed E-state index contributed by atoms with van der Waals surface area (Å²) in [4.78, 5) is 11.8. The summed E-state index contributed by atoms with van der Waals surface area (Å²) in [6.07, 6.45) is 6.38. The van der Waals surface area contributed by atoms with Gasteiger partial charge in [-0.2, -0.15) is 0 Å². The molecule has 0 atom stereocenters. The van der Waals surface area contributed by atoms with Crippen molar-refractivity contribution < 1.29 is 14.3 Å². The molecule has 7 heteroatoms. The average Bonchev–Trinajstić information content (AvgIpc) is 2.61. The van der Waals surface area contributed by atoms with Gasteiger partial charge in [0.1, 0.15) is 0 Å². The van der Waals surface area contributed by atoms with Crippen LogP contribution < -0.4 is 25.6 Å². The third-order valence-electron chi connectivity index (χ3n) is 3.21. The highest BCUT2D eigenvalue weighted by molar-refractivity contribution is 7.80. The molecular weight excluding hydrogens is 326 g/mol. The number of carbonyl (C=O) groups is 1. The summed E-state index contributed by atoms with van der Waals surface area (Å²) in [6, 6.07) is 5.45. The first kappa shape index (κ1) is 19.8. The molecule has 24 heavy (non-hydrogen) atoms. The maximum atomic E-state index is 11.8. The van der Waals surface area contributed by atoms with Crippen LogP contribution in [-0.2, 0) is 4.79 Å². The lowest BCUT2D eigenvalue weighted by molar-refractivity contribution is -0.116. The Balaban J connectivity index is 2.48. The molecule has 1 aromatic carbocycles. The van der Waals surface area contributed by atoms with Crippen LogP contribution in [0, 0.1) is 0 Å². The number of rotatable bonds is 8. The summed E-state index contributed by atoms with van der Waals surface area (Å²) in [5.41, 5.74) is 5.91. The minimum absolute atomic E-state index is 0.322. The monoisotopic (exact) mass is 351 g/mol. The van der Waals surface area contributed by atoms with Crippen LogP contribution in [0.15, 0.2) is 24.3 Å². The molecule has 0 fully saturated rings. The predicted molar refractivity (Wildman–Crippen MR) is 100.0 cm³/mol. The summed E-state index contributed by atoms with van der Waals surface area (Å²) < 4.78 is 10.5. The van der Waals surface area contributed by atoms with Crippen molar-refractivity contribution in [3.05, 3.63) is 29.8 Å². The van der Waals surface area contributed by atoms with Gasteiger partial charge in [0.2, 0.25) is 0 Å². The van der Waals surface area contributed by atoms with E-state index in [0.717, 1.165) is 31.4 Å². The molecule has 1 aromatic rings. The summed E-state index contributed by atoms with van der Waals surface area (Å²) in [5, 5.41) is 3.42. The highest BCUT2D eigenvalue weighted by atomic mass is 32.1. The van der Waals surface area contributed by atoms with E-state index in [1.165, 1.54) is 6.08 Å². The van der Waals surface area contributed by atoms with Crippen molar-refractivity contribution in [2.45, 2.75) is 26.2 Å². The normalized spacial score (nSPS) is 10.3. The molecule has 0 saturated carbocycles. The summed E-state index contributed by atoms with van der Waals surface area (Å²) in [5.74, 6) is 0.860. The van der Waals surface area contributed by atoms with E-state index < -0.39 is 0 Å². The minimum Gasteiger partial charge on any atom is -0.493 e. The number of hydrogen-bond acceptors (Lipinski definition) is 4. The van der Waals surface area contributed by atoms with Crippen molar-refractivity contribution in [3.8, 4) is 11.5 Å². The number of hydrogen-bond donors (Lipinski definition) is 3. The Morgan fingerprint density at radius 3 is 2.67 bits per heavy atom. The number of benzene rings is 1. The van der Waals surface area contributed by atoms with Crippen LogP contribution in [0.3, 0.4) is 0 Å². The Morgan fingerprint density at radius 2 is 2.00 bits per heavy atom. The van der Waals surface area contributed by atoms with E-state index in [4.69, 9.17) is 21.7 Å². The molecule has 1 amide bonds. The van der Waals surface area contributed by atoms with Gasteiger partial charge in [0, 0.05) is 18.2 Å². The fourth-order valence-electron chi connectivity index (χ4n) is 1.99. The van der Waals surface area contributed by atoms with Crippen molar-refractivity contribution in [3.63, 3.8) is 0 Å². The minimum atomic E-state index is -0.322. The fourth-order valence-corrected chi connectivity index (χ4v) is 2.14. The molecule has 0 unspecified atom stereocenters. The van der Waals surface area contributed by atoms with Crippen LogP contribution in [0.2, 0.25) is 0 Å². The van der Waals surface area contributed by atoms with Gasteiger partial charge in [-0.15, -0.1) is 0 Å². The van der Waals surface area contributed by atoms with Gasteiger partial charge in [0.15, 0.2) is 16.6 Å². The van der Waals surface area contributed by atoms with E-state index in [1.54, 1.807) is 26.4 Å². The van der Waals surface area contributed by atoms with Crippen LogP contribution in [0.1, 0.15) is 31.7 Å². The number of hydrazine groups is 1. The highest BCUT2D eigenvalue weighted by Gasteiger charge is 2.07. The zero-order valence-electron chi connectivity index (χ0n) is 14.3. The van der Waals surface area contributed by atoms with Gasteiger partial charge >= 0.3 is 0 Å². The number of methoxy groups -OCH3 is 2. The molecule has 0 aromatic heterocycles. The molecule has 3 N–H and O–H groups in total. The number of nitrogens with one attached hydrogen (secondary N) is 3. The number of thiocarbonyl (C=S) groups is 1. The maximum Gasteiger partial charge on any atom is 0.262 e. The molecule has 0 heterocycles. The number of carbonyl (C=O) groups excluding carboxylic acids is 1. The number of unbranched alkanes of at least 4 members (excludes halogenated alkanes) is 2. The zero-order valence-corrected chi connectivity index (χ0v) is 15.2. The van der Waals surface area contributed by atoms with E-state index in [-0.39, 0.29) is 5.91 Å². The predicted octanol–water partition coefficient (Wildman–Crippen LogP) is 2.40. The van der Waals surface area contributed by atoms with Crippen LogP contribution in [0.5, 0.6) is 11.5 Å². The smallest absolute Gasteiger partial charge is 0.262 e. The fraction of sp³-hybridized carbons (Fsp3) is 0.412. The number of amides is 1. The lowest BCUT2D eigenvalue weighted by Crippen LogP contribution is -2.46. The second kappa shape index (κ2) is 11.3. The van der Waals surface area contributed by atoms with Gasteiger partial charge < -0.3 is 14.8 Å². The van der Waals surface area contributed by atoms with E-state index in [2.05, 4.69) is 23.1 Å². The van der Waals surface area contributed by atoms with Gasteiger partial charge in [-0.05, 0) is 30.8 Å². The van der Waals surface area contributed by atoms with Crippen LogP contribution in [-0.4, -0.2) is 31.8 Å². The molecule has 0 aliphatic carbocycles. The summed E-state index contributed by atoms with van der Waals surface area (Å²) in [7, 11) is 3.12. The van der Waals surface area contributed by atoms with Gasteiger partial charge in [-0.3, -0.25) is 15.6 Å². The van der Waals surface area contributed by atoms with Gasteiger partial charge in [0.05, 0.1) is 14.2 Å². The summed E-state index contributed by atoms with van der Waals surface area (Å²) in [6.45, 7) is 2.92. The topological polar surface area (TPSA) is 71.6 Å². The Morgan fingerprint density at radius 1 is 1.21 bits per heavy atom. The number of ether oxygens (including phenoxy) is 2. The molecule has 0 spiro atoms. The Hall–Kier alpha value is -2.28. The third-order valence-corrected chi connectivity index (χ3v) is 3.46. The number of para-hydroxylation sites is 1. The van der Waals surface area contributed by atoms with Crippen molar-refractivity contribution >= 4 is 29.3 Å². The summed E-state index contributed by atoms with van der Waals surface area (Å²) >= 11 is 5.07. The molecule has 1 rings (SSSR count). The maximum absolute atomic E-state index is 11.8. The third kappa shape index (κ3) is 6.87. The lowest BCUT2D eigenvalue weighted by atomic mass is 10.1. The molecule has 0 bridgehead atoms. The SMILES string of the molecule is CCCCCNC(=S)NNC(=O)/C=C/c1cccc(OC)c1OC.